The van der Waals surface area contributed by atoms with Crippen molar-refractivity contribution in [2.45, 2.75) is 32.2 Å². The monoisotopic (exact) mass is 335 g/mol. The summed E-state index contributed by atoms with van der Waals surface area (Å²) < 4.78 is 9.95. The lowest BCUT2D eigenvalue weighted by atomic mass is 9.96. The van der Waals surface area contributed by atoms with Gasteiger partial charge in [0.2, 0.25) is 11.4 Å². The van der Waals surface area contributed by atoms with E-state index in [-0.39, 0.29) is 30.9 Å². The van der Waals surface area contributed by atoms with Gasteiger partial charge in [-0.25, -0.2) is 9.59 Å². The highest BCUT2D eigenvalue weighted by Crippen LogP contribution is 2.32. The van der Waals surface area contributed by atoms with Crippen LogP contribution in [0.1, 0.15) is 26.7 Å². The maximum atomic E-state index is 12.2. The molecule has 0 atom stereocenters. The van der Waals surface area contributed by atoms with Gasteiger partial charge < -0.3 is 14.4 Å². The summed E-state index contributed by atoms with van der Waals surface area (Å²) >= 11 is 3.06. The van der Waals surface area contributed by atoms with Crippen molar-refractivity contribution in [3.8, 4) is 0 Å². The number of carbonyl (C=O) groups is 3. The van der Waals surface area contributed by atoms with Crippen molar-refractivity contribution in [3.63, 3.8) is 0 Å². The summed E-state index contributed by atoms with van der Waals surface area (Å²) in [4.78, 5) is 37.5. The number of hydrogen-bond acceptors (Lipinski definition) is 5. The van der Waals surface area contributed by atoms with Gasteiger partial charge in [0, 0.05) is 6.54 Å². The molecule has 1 fully saturated rings. The van der Waals surface area contributed by atoms with Gasteiger partial charge in [-0.15, -0.1) is 0 Å². The summed E-state index contributed by atoms with van der Waals surface area (Å²) in [6, 6.07) is 0. The molecule has 0 aliphatic carbocycles. The molecule has 0 aromatic heterocycles. The Balaban J connectivity index is 3.13. The summed E-state index contributed by atoms with van der Waals surface area (Å²) in [5, 5.41) is 0.0492. The number of esters is 2. The number of alkyl halides is 1. The van der Waals surface area contributed by atoms with E-state index in [1.807, 2.05) is 0 Å². The number of carbonyl (C=O) groups excluding carboxylic acids is 3. The second-order valence-electron chi connectivity index (χ2n) is 4.08. The predicted octanol–water partition coefficient (Wildman–Crippen LogP) is 0.869. The van der Waals surface area contributed by atoms with Crippen LogP contribution in [0.2, 0.25) is 0 Å². The third kappa shape index (κ3) is 2.91. The highest BCUT2D eigenvalue weighted by Gasteiger charge is 2.58. The molecule has 0 bridgehead atoms. The number of hydrogen-bond donors (Lipinski definition) is 0. The molecular formula is C12H18BrNO5. The average Bonchev–Trinajstić information content (AvgIpc) is 2.84. The van der Waals surface area contributed by atoms with Gasteiger partial charge in [0.1, 0.15) is 0 Å². The molecule has 108 valence electrons. The molecule has 0 saturated carbocycles. The van der Waals surface area contributed by atoms with E-state index in [1.54, 1.807) is 13.8 Å². The molecule has 7 heteroatoms. The summed E-state index contributed by atoms with van der Waals surface area (Å²) in [5.74, 6) is -1.74. The van der Waals surface area contributed by atoms with Gasteiger partial charge in [0.15, 0.2) is 0 Å². The Kier molecular flexibility index (Phi) is 5.78. The molecule has 1 rings (SSSR count). The molecule has 0 radical (unpaired) electrons. The summed E-state index contributed by atoms with van der Waals surface area (Å²) in [6.45, 7) is 3.96. The largest absolute Gasteiger partial charge is 0.464 e. The van der Waals surface area contributed by atoms with Gasteiger partial charge in [-0.3, -0.25) is 4.79 Å². The van der Waals surface area contributed by atoms with Gasteiger partial charge in [-0.05, 0) is 26.7 Å². The third-order valence-corrected chi connectivity index (χ3v) is 3.50. The first-order valence-electron chi connectivity index (χ1n) is 6.25. The van der Waals surface area contributed by atoms with Crippen LogP contribution in [0.5, 0.6) is 0 Å². The Morgan fingerprint density at radius 1 is 1.16 bits per heavy atom. The molecule has 0 aromatic rings. The lowest BCUT2D eigenvalue weighted by molar-refractivity contribution is -0.175. The van der Waals surface area contributed by atoms with Crippen molar-refractivity contribution < 1.29 is 23.9 Å². The van der Waals surface area contributed by atoms with Crippen molar-refractivity contribution in [2.24, 2.45) is 0 Å². The minimum atomic E-state index is -1.61. The minimum Gasteiger partial charge on any atom is -0.464 e. The second-order valence-corrected chi connectivity index (χ2v) is 4.64. The Hall–Kier alpha value is -1.11. The van der Waals surface area contributed by atoms with Gasteiger partial charge >= 0.3 is 11.9 Å². The van der Waals surface area contributed by atoms with Crippen molar-refractivity contribution >= 4 is 33.8 Å². The Morgan fingerprint density at radius 3 is 2.11 bits per heavy atom. The van der Waals surface area contributed by atoms with Crippen molar-refractivity contribution in [1.29, 1.82) is 0 Å². The lowest BCUT2D eigenvalue weighted by Gasteiger charge is -2.33. The number of rotatable bonds is 5. The number of halogens is 1. The molecule has 1 saturated heterocycles. The number of nitrogens with zero attached hydrogens (tertiary/aromatic N) is 1. The summed E-state index contributed by atoms with van der Waals surface area (Å²) in [7, 11) is 0. The molecule has 0 spiro atoms. The van der Waals surface area contributed by atoms with Crippen LogP contribution in [0.15, 0.2) is 0 Å². The zero-order chi connectivity index (χ0) is 14.5. The van der Waals surface area contributed by atoms with E-state index >= 15 is 0 Å². The molecule has 6 nitrogen and oxygen atoms in total. The SMILES string of the molecule is CCOC(=O)C1(C(=O)OCC)CCCN1C(=O)CBr. The minimum absolute atomic E-state index is 0.0492. The van der Waals surface area contributed by atoms with Crippen LogP contribution in [-0.4, -0.2) is 53.4 Å². The van der Waals surface area contributed by atoms with E-state index in [1.165, 1.54) is 4.90 Å². The zero-order valence-electron chi connectivity index (χ0n) is 11.1. The maximum Gasteiger partial charge on any atom is 0.343 e. The molecule has 0 aromatic carbocycles. The lowest BCUT2D eigenvalue weighted by Crippen LogP contribution is -2.60. The van der Waals surface area contributed by atoms with Crippen molar-refractivity contribution in [3.05, 3.63) is 0 Å². The molecule has 19 heavy (non-hydrogen) atoms. The Labute approximate surface area is 120 Å². The highest BCUT2D eigenvalue weighted by molar-refractivity contribution is 9.09. The molecule has 1 aliphatic heterocycles. The molecule has 0 unspecified atom stereocenters. The molecule has 1 aliphatic rings. The molecule has 1 heterocycles. The van der Waals surface area contributed by atoms with Crippen LogP contribution in [0.4, 0.5) is 0 Å². The van der Waals surface area contributed by atoms with Crippen LogP contribution >= 0.6 is 15.9 Å². The fourth-order valence-corrected chi connectivity index (χ4v) is 2.54. The normalized spacial score (nSPS) is 17.1. The van der Waals surface area contributed by atoms with Gasteiger partial charge in [-0.2, -0.15) is 0 Å². The summed E-state index contributed by atoms with van der Waals surface area (Å²) in [5.41, 5.74) is -1.61. The van der Waals surface area contributed by atoms with E-state index in [0.717, 1.165) is 0 Å². The second kappa shape index (κ2) is 6.88. The van der Waals surface area contributed by atoms with Crippen LogP contribution in [0.25, 0.3) is 0 Å². The van der Waals surface area contributed by atoms with E-state index in [2.05, 4.69) is 15.9 Å². The van der Waals surface area contributed by atoms with Gasteiger partial charge in [-0.1, -0.05) is 15.9 Å². The predicted molar refractivity (Wildman–Crippen MR) is 70.7 cm³/mol. The fourth-order valence-electron chi connectivity index (χ4n) is 2.24. The third-order valence-electron chi connectivity index (χ3n) is 3.02. The van der Waals surface area contributed by atoms with E-state index < -0.39 is 17.5 Å². The summed E-state index contributed by atoms with van der Waals surface area (Å²) in [6.07, 6.45) is 0.805. The zero-order valence-corrected chi connectivity index (χ0v) is 12.7. The van der Waals surface area contributed by atoms with Crippen molar-refractivity contribution in [2.75, 3.05) is 25.1 Å². The van der Waals surface area contributed by atoms with Crippen LogP contribution in [0.3, 0.4) is 0 Å². The molecule has 1 amide bonds. The van der Waals surface area contributed by atoms with E-state index in [4.69, 9.17) is 9.47 Å². The van der Waals surface area contributed by atoms with Gasteiger partial charge in [0.05, 0.1) is 18.5 Å². The maximum absolute atomic E-state index is 12.2. The quantitative estimate of drug-likeness (QED) is 0.423. The van der Waals surface area contributed by atoms with Crippen molar-refractivity contribution in [1.82, 2.24) is 4.90 Å². The van der Waals surface area contributed by atoms with Crippen LogP contribution in [0, 0.1) is 0 Å². The Morgan fingerprint density at radius 2 is 1.68 bits per heavy atom. The number of likely N-dealkylation sites (tertiary alicyclic amines) is 1. The van der Waals surface area contributed by atoms with Crippen LogP contribution in [-0.2, 0) is 23.9 Å². The highest BCUT2D eigenvalue weighted by atomic mass is 79.9. The molecule has 0 N–H and O–H groups in total. The number of amides is 1. The average molecular weight is 336 g/mol. The Bertz CT molecular complexity index is 353. The number of ether oxygens (including phenoxy) is 2. The first-order valence-corrected chi connectivity index (χ1v) is 7.37. The smallest absolute Gasteiger partial charge is 0.343 e. The van der Waals surface area contributed by atoms with E-state index in [9.17, 15) is 14.4 Å². The van der Waals surface area contributed by atoms with Crippen LogP contribution < -0.4 is 0 Å². The standard InChI is InChI=1S/C12H18BrNO5/c1-3-18-10(16)12(11(17)19-4-2)6-5-7-14(12)9(15)8-13/h3-8H2,1-2H3. The topological polar surface area (TPSA) is 72.9 Å². The first kappa shape index (κ1) is 15.9. The molecular weight excluding hydrogens is 318 g/mol. The van der Waals surface area contributed by atoms with Gasteiger partial charge in [0.25, 0.3) is 0 Å². The van der Waals surface area contributed by atoms with E-state index in [0.29, 0.717) is 13.0 Å². The first-order chi connectivity index (χ1) is 9.04. The fraction of sp³-hybridized carbons (Fsp3) is 0.750.